The molecule has 1 aliphatic carbocycles. The first-order chi connectivity index (χ1) is 13.0. The lowest BCUT2D eigenvalue weighted by Crippen LogP contribution is -2.29. The zero-order valence-corrected chi connectivity index (χ0v) is 16.0. The number of nitrogens with one attached hydrogen (secondary N) is 1. The minimum Gasteiger partial charge on any atom is -0.489 e. The van der Waals surface area contributed by atoms with E-state index in [4.69, 9.17) is 9.72 Å². The predicted octanol–water partition coefficient (Wildman–Crippen LogP) is 4.17. The number of hydrogen-bond donors (Lipinski definition) is 1. The van der Waals surface area contributed by atoms with Crippen molar-refractivity contribution in [2.24, 2.45) is 5.92 Å². The molecule has 27 heavy (non-hydrogen) atoms. The van der Waals surface area contributed by atoms with E-state index in [9.17, 15) is 4.79 Å². The van der Waals surface area contributed by atoms with Gasteiger partial charge in [-0.2, -0.15) is 0 Å². The van der Waals surface area contributed by atoms with Gasteiger partial charge in [-0.1, -0.05) is 18.2 Å². The van der Waals surface area contributed by atoms with Crippen LogP contribution in [0.15, 0.2) is 42.6 Å². The first-order valence-corrected chi connectivity index (χ1v) is 9.54. The van der Waals surface area contributed by atoms with Crippen LogP contribution < -0.4 is 10.1 Å². The predicted molar refractivity (Wildman–Crippen MR) is 106 cm³/mol. The van der Waals surface area contributed by atoms with Crippen LogP contribution >= 0.6 is 0 Å². The summed E-state index contributed by atoms with van der Waals surface area (Å²) in [4.78, 5) is 17.7. The molecule has 0 aliphatic heterocycles. The highest BCUT2D eigenvalue weighted by molar-refractivity contribution is 5.94. The molecule has 4 rings (SSSR count). The first-order valence-electron chi connectivity index (χ1n) is 9.54. The maximum absolute atomic E-state index is 12.9. The van der Waals surface area contributed by atoms with Gasteiger partial charge in [-0.3, -0.25) is 4.79 Å². The highest BCUT2D eigenvalue weighted by Crippen LogP contribution is 2.30. The number of para-hydroxylation sites is 2. The van der Waals surface area contributed by atoms with E-state index in [1.165, 1.54) is 5.56 Å². The average molecular weight is 363 g/mol. The van der Waals surface area contributed by atoms with Crippen LogP contribution in [0, 0.1) is 12.8 Å². The molecule has 5 nitrogen and oxygen atoms in total. The van der Waals surface area contributed by atoms with Crippen LogP contribution in [-0.2, 0) is 17.6 Å². The molecule has 1 unspecified atom stereocenters. The summed E-state index contributed by atoms with van der Waals surface area (Å²) in [5.41, 5.74) is 5.16. The fourth-order valence-corrected chi connectivity index (χ4v) is 3.70. The van der Waals surface area contributed by atoms with Crippen molar-refractivity contribution in [1.29, 1.82) is 0 Å². The van der Waals surface area contributed by atoms with Crippen LogP contribution in [-0.4, -0.2) is 21.4 Å². The largest absolute Gasteiger partial charge is 0.489 e. The normalized spacial score (nSPS) is 16.4. The highest BCUT2D eigenvalue weighted by atomic mass is 16.5. The average Bonchev–Trinajstić information content (AvgIpc) is 3.00. The molecule has 140 valence electrons. The number of anilines is 1. The molecule has 0 fully saturated rings. The van der Waals surface area contributed by atoms with Crippen molar-refractivity contribution in [3.05, 3.63) is 59.5 Å². The summed E-state index contributed by atoms with van der Waals surface area (Å²) < 4.78 is 7.96. The fourth-order valence-electron chi connectivity index (χ4n) is 3.70. The Morgan fingerprint density at radius 3 is 2.89 bits per heavy atom. The fraction of sp³-hybridized carbons (Fsp3) is 0.364. The summed E-state index contributed by atoms with van der Waals surface area (Å²) >= 11 is 0. The van der Waals surface area contributed by atoms with Gasteiger partial charge in [-0.15, -0.1) is 0 Å². The second kappa shape index (κ2) is 7.06. The Labute approximate surface area is 159 Å². The van der Waals surface area contributed by atoms with Gasteiger partial charge >= 0.3 is 0 Å². The van der Waals surface area contributed by atoms with Crippen molar-refractivity contribution in [2.75, 3.05) is 5.32 Å². The number of amides is 1. The van der Waals surface area contributed by atoms with E-state index in [1.807, 2.05) is 44.2 Å². The van der Waals surface area contributed by atoms with Gasteiger partial charge in [0.2, 0.25) is 5.91 Å². The van der Waals surface area contributed by atoms with E-state index in [-0.39, 0.29) is 17.9 Å². The molecule has 1 aromatic carbocycles. The van der Waals surface area contributed by atoms with Crippen molar-refractivity contribution in [3.8, 4) is 5.75 Å². The summed E-state index contributed by atoms with van der Waals surface area (Å²) in [6.07, 6.45) is 4.51. The lowest BCUT2D eigenvalue weighted by Gasteiger charge is -2.22. The highest BCUT2D eigenvalue weighted by Gasteiger charge is 2.28. The minimum absolute atomic E-state index is 0.0445. The van der Waals surface area contributed by atoms with Crippen LogP contribution in [0.3, 0.4) is 0 Å². The molecule has 2 heterocycles. The second-order valence-electron chi connectivity index (χ2n) is 7.53. The van der Waals surface area contributed by atoms with E-state index in [0.29, 0.717) is 12.2 Å². The van der Waals surface area contributed by atoms with Crippen molar-refractivity contribution >= 4 is 17.2 Å². The Hall–Kier alpha value is -2.82. The molecule has 3 aromatic rings. The number of benzene rings is 1. The molecule has 2 aromatic heterocycles. The monoisotopic (exact) mass is 363 g/mol. The summed E-state index contributed by atoms with van der Waals surface area (Å²) in [6.45, 7) is 6.03. The quantitative estimate of drug-likeness (QED) is 0.757. The van der Waals surface area contributed by atoms with Crippen LogP contribution in [0.2, 0.25) is 0 Å². The molecule has 1 N–H and O–H groups in total. The van der Waals surface area contributed by atoms with Gasteiger partial charge in [0.25, 0.3) is 0 Å². The molecule has 1 atom stereocenters. The molecule has 0 saturated carbocycles. The van der Waals surface area contributed by atoms with Crippen LogP contribution in [0.1, 0.15) is 37.2 Å². The maximum atomic E-state index is 12.9. The molecular weight excluding hydrogens is 338 g/mol. The Morgan fingerprint density at radius 2 is 2.07 bits per heavy atom. The van der Waals surface area contributed by atoms with Crippen molar-refractivity contribution in [1.82, 2.24) is 9.38 Å². The molecule has 0 radical (unpaired) electrons. The Balaban J connectivity index is 1.55. The number of hydrogen-bond acceptors (Lipinski definition) is 3. The van der Waals surface area contributed by atoms with Gasteiger partial charge in [-0.25, -0.2) is 4.98 Å². The van der Waals surface area contributed by atoms with Gasteiger partial charge in [-0.05, 0) is 57.4 Å². The standard InChI is InChI=1S/C22H25N3O2/c1-14(2)27-20-7-5-4-6-18(20)24-22(26)16-9-10-17-19(12-16)25-13-15(3)8-11-21(25)23-17/h4-8,11,13-14,16H,9-10,12H2,1-3H3,(H,24,26). The topological polar surface area (TPSA) is 55.6 Å². The first kappa shape index (κ1) is 17.6. The number of imidazole rings is 1. The van der Waals surface area contributed by atoms with Crippen molar-refractivity contribution < 1.29 is 9.53 Å². The van der Waals surface area contributed by atoms with E-state index in [1.54, 1.807) is 0 Å². The molecule has 5 heteroatoms. The lowest BCUT2D eigenvalue weighted by atomic mass is 9.89. The molecule has 1 aliphatic rings. The lowest BCUT2D eigenvalue weighted by molar-refractivity contribution is -0.120. The van der Waals surface area contributed by atoms with Crippen LogP contribution in [0.25, 0.3) is 5.65 Å². The Kier molecular flexibility index (Phi) is 4.60. The summed E-state index contributed by atoms with van der Waals surface area (Å²) in [6, 6.07) is 11.7. The minimum atomic E-state index is -0.0648. The van der Waals surface area contributed by atoms with Crippen LogP contribution in [0.4, 0.5) is 5.69 Å². The summed E-state index contributed by atoms with van der Waals surface area (Å²) in [5, 5.41) is 3.07. The number of aryl methyl sites for hydroxylation is 2. The third-order valence-corrected chi connectivity index (χ3v) is 5.00. The van der Waals surface area contributed by atoms with Crippen molar-refractivity contribution in [2.45, 2.75) is 46.1 Å². The number of rotatable bonds is 4. The number of ether oxygens (including phenoxy) is 1. The van der Waals surface area contributed by atoms with Gasteiger partial charge < -0.3 is 14.5 Å². The summed E-state index contributed by atoms with van der Waals surface area (Å²) in [5.74, 6) is 0.691. The Morgan fingerprint density at radius 1 is 1.26 bits per heavy atom. The van der Waals surface area contributed by atoms with Gasteiger partial charge in [0.15, 0.2) is 0 Å². The SMILES string of the molecule is Cc1ccc2nc3c(n2c1)CC(C(=O)Nc1ccccc1OC(C)C)CC3. The number of aromatic nitrogens is 2. The number of carbonyl (C=O) groups excluding carboxylic acids is 1. The third kappa shape index (κ3) is 3.54. The van der Waals surface area contributed by atoms with E-state index < -0.39 is 0 Å². The van der Waals surface area contributed by atoms with Gasteiger partial charge in [0.05, 0.1) is 17.5 Å². The molecule has 0 bridgehead atoms. The van der Waals surface area contributed by atoms with Crippen molar-refractivity contribution in [3.63, 3.8) is 0 Å². The van der Waals surface area contributed by atoms with Crippen LogP contribution in [0.5, 0.6) is 5.75 Å². The molecule has 1 amide bonds. The second-order valence-corrected chi connectivity index (χ2v) is 7.53. The van der Waals surface area contributed by atoms with E-state index in [0.717, 1.165) is 35.6 Å². The van der Waals surface area contributed by atoms with Gasteiger partial charge in [0, 0.05) is 24.2 Å². The third-order valence-electron chi connectivity index (χ3n) is 5.00. The number of carbonyl (C=O) groups is 1. The Bertz CT molecular complexity index is 990. The maximum Gasteiger partial charge on any atom is 0.227 e. The van der Waals surface area contributed by atoms with Gasteiger partial charge in [0.1, 0.15) is 11.4 Å². The zero-order valence-electron chi connectivity index (χ0n) is 16.0. The summed E-state index contributed by atoms with van der Waals surface area (Å²) in [7, 11) is 0. The zero-order chi connectivity index (χ0) is 19.0. The number of nitrogens with zero attached hydrogens (tertiary/aromatic N) is 2. The van der Waals surface area contributed by atoms with E-state index in [2.05, 4.69) is 28.9 Å². The van der Waals surface area contributed by atoms with E-state index >= 15 is 0 Å². The number of fused-ring (bicyclic) bond motifs is 3. The number of pyridine rings is 1. The molecule has 0 spiro atoms. The molecule has 0 saturated heterocycles. The molecular formula is C22H25N3O2. The smallest absolute Gasteiger partial charge is 0.227 e.